The van der Waals surface area contributed by atoms with Crippen LogP contribution in [0.4, 0.5) is 11.4 Å². The molecule has 0 aliphatic carbocycles. The minimum Gasteiger partial charge on any atom is -0.506 e. The third-order valence-corrected chi connectivity index (χ3v) is 2.89. The lowest BCUT2D eigenvalue weighted by Crippen LogP contribution is -2.05. The van der Waals surface area contributed by atoms with E-state index in [-0.39, 0.29) is 23.1 Å². The summed E-state index contributed by atoms with van der Waals surface area (Å²) in [5, 5.41) is 31.2. The molecule has 2 rings (SSSR count). The van der Waals surface area contributed by atoms with E-state index in [9.17, 15) is 20.0 Å². The van der Waals surface area contributed by atoms with Gasteiger partial charge in [0.2, 0.25) is 5.91 Å². The Kier molecular flexibility index (Phi) is 7.01. The molecule has 134 valence electrons. The van der Waals surface area contributed by atoms with Crippen LogP contribution in [0.3, 0.4) is 0 Å². The van der Waals surface area contributed by atoms with Crippen molar-refractivity contribution in [3.8, 4) is 23.0 Å². The first kappa shape index (κ1) is 19.6. The number of carbonyl (C=O) groups is 1. The number of rotatable bonds is 4. The second kappa shape index (κ2) is 8.96. The maximum Gasteiger partial charge on any atom is 0.310 e. The standard InChI is InChI=1S/C9H11NO3.C7H7NO4/c1-6(11)10-8-4-3-7(13-2)5-9(8)12;1-12-5-2-3-6(8(10)11)7(9)4-5/h3-5,12H,1-2H3,(H,10,11);2-4,9H,1H3. The molecule has 25 heavy (non-hydrogen) atoms. The Hall–Kier alpha value is -3.49. The molecule has 9 nitrogen and oxygen atoms in total. The molecule has 0 saturated carbocycles. The van der Waals surface area contributed by atoms with E-state index < -0.39 is 4.92 Å². The number of benzene rings is 2. The van der Waals surface area contributed by atoms with Crippen molar-refractivity contribution in [2.24, 2.45) is 0 Å². The molecule has 0 aliphatic heterocycles. The van der Waals surface area contributed by atoms with Crippen molar-refractivity contribution in [1.29, 1.82) is 0 Å². The molecule has 9 heteroatoms. The number of amides is 1. The Balaban J connectivity index is 0.000000251. The Labute approximate surface area is 143 Å². The van der Waals surface area contributed by atoms with Gasteiger partial charge in [-0.05, 0) is 18.2 Å². The van der Waals surface area contributed by atoms with Crippen molar-refractivity contribution in [3.05, 3.63) is 46.5 Å². The van der Waals surface area contributed by atoms with Gasteiger partial charge in [0.15, 0.2) is 5.75 Å². The summed E-state index contributed by atoms with van der Waals surface area (Å²) in [4.78, 5) is 20.2. The third-order valence-electron chi connectivity index (χ3n) is 2.89. The molecule has 1 amide bonds. The molecule has 2 aromatic rings. The van der Waals surface area contributed by atoms with Crippen LogP contribution in [0.25, 0.3) is 0 Å². The van der Waals surface area contributed by atoms with Gasteiger partial charge in [0.05, 0.1) is 24.8 Å². The lowest BCUT2D eigenvalue weighted by Gasteiger charge is -2.06. The Bertz CT molecular complexity index is 762. The van der Waals surface area contributed by atoms with Crippen molar-refractivity contribution >= 4 is 17.3 Å². The number of nitrogens with zero attached hydrogens (tertiary/aromatic N) is 1. The molecule has 3 N–H and O–H groups in total. The highest BCUT2D eigenvalue weighted by atomic mass is 16.6. The zero-order valence-corrected chi connectivity index (χ0v) is 13.8. The molecule has 0 radical (unpaired) electrons. The molecular weight excluding hydrogens is 332 g/mol. The average molecular weight is 350 g/mol. The Morgan fingerprint density at radius 3 is 1.96 bits per heavy atom. The van der Waals surface area contributed by atoms with Gasteiger partial charge < -0.3 is 25.0 Å². The highest BCUT2D eigenvalue weighted by Crippen LogP contribution is 2.29. The van der Waals surface area contributed by atoms with Crippen molar-refractivity contribution in [3.63, 3.8) is 0 Å². The van der Waals surface area contributed by atoms with Crippen LogP contribution in [0.5, 0.6) is 23.0 Å². The zero-order chi connectivity index (χ0) is 19.0. The lowest BCUT2D eigenvalue weighted by atomic mass is 10.2. The smallest absolute Gasteiger partial charge is 0.310 e. The van der Waals surface area contributed by atoms with E-state index in [4.69, 9.17) is 14.6 Å². The number of nitro groups is 1. The summed E-state index contributed by atoms with van der Waals surface area (Å²) in [5.41, 5.74) is 0.0594. The summed E-state index contributed by atoms with van der Waals surface area (Å²) in [5.74, 6) is 0.319. The maximum absolute atomic E-state index is 10.7. The average Bonchev–Trinajstić information content (AvgIpc) is 2.56. The van der Waals surface area contributed by atoms with E-state index >= 15 is 0 Å². The number of ether oxygens (including phenoxy) is 2. The van der Waals surface area contributed by atoms with Gasteiger partial charge in [-0.15, -0.1) is 0 Å². The molecule has 2 aromatic carbocycles. The first-order valence-electron chi connectivity index (χ1n) is 6.94. The lowest BCUT2D eigenvalue weighted by molar-refractivity contribution is -0.385. The molecule has 0 bridgehead atoms. The fourth-order valence-electron chi connectivity index (χ4n) is 1.72. The normalized spacial score (nSPS) is 9.40. The molecule has 0 saturated heterocycles. The van der Waals surface area contributed by atoms with Crippen LogP contribution in [-0.4, -0.2) is 35.3 Å². The molecule has 0 atom stereocenters. The molecule has 0 aliphatic rings. The van der Waals surface area contributed by atoms with Gasteiger partial charge in [-0.3, -0.25) is 14.9 Å². The minimum atomic E-state index is -0.658. The summed E-state index contributed by atoms with van der Waals surface area (Å²) in [6.45, 7) is 1.38. The van der Waals surface area contributed by atoms with Crippen LogP contribution in [0.1, 0.15) is 6.92 Å². The summed E-state index contributed by atoms with van der Waals surface area (Å²) in [7, 11) is 2.92. The molecular formula is C16H18N2O7. The van der Waals surface area contributed by atoms with Crippen molar-refractivity contribution in [2.45, 2.75) is 6.92 Å². The van der Waals surface area contributed by atoms with Gasteiger partial charge in [0.25, 0.3) is 0 Å². The highest BCUT2D eigenvalue weighted by Gasteiger charge is 2.12. The van der Waals surface area contributed by atoms with Gasteiger partial charge >= 0.3 is 5.69 Å². The van der Waals surface area contributed by atoms with Gasteiger partial charge in [-0.25, -0.2) is 0 Å². The number of hydrogen-bond donors (Lipinski definition) is 3. The predicted octanol–water partition coefficient (Wildman–Crippen LogP) is 2.67. The number of hydrogen-bond acceptors (Lipinski definition) is 7. The first-order chi connectivity index (χ1) is 11.8. The van der Waals surface area contributed by atoms with Gasteiger partial charge in [-0.2, -0.15) is 0 Å². The van der Waals surface area contributed by atoms with E-state index in [1.54, 1.807) is 12.1 Å². The van der Waals surface area contributed by atoms with Crippen molar-refractivity contribution < 1.29 is 29.4 Å². The van der Waals surface area contributed by atoms with Crippen LogP contribution < -0.4 is 14.8 Å². The summed E-state index contributed by atoms with van der Waals surface area (Å²) in [6.07, 6.45) is 0. The van der Waals surface area contributed by atoms with E-state index in [1.165, 1.54) is 45.4 Å². The second-order valence-corrected chi connectivity index (χ2v) is 4.68. The number of methoxy groups -OCH3 is 2. The third kappa shape index (κ3) is 5.90. The fraction of sp³-hybridized carbons (Fsp3) is 0.188. The quantitative estimate of drug-likeness (QED) is 0.439. The van der Waals surface area contributed by atoms with Crippen LogP contribution in [0, 0.1) is 10.1 Å². The van der Waals surface area contributed by atoms with Crippen LogP contribution in [0.15, 0.2) is 36.4 Å². The van der Waals surface area contributed by atoms with Crippen LogP contribution in [0.2, 0.25) is 0 Å². The Morgan fingerprint density at radius 2 is 1.56 bits per heavy atom. The van der Waals surface area contributed by atoms with Gasteiger partial charge in [-0.1, -0.05) is 0 Å². The molecule has 0 aromatic heterocycles. The topological polar surface area (TPSA) is 131 Å². The van der Waals surface area contributed by atoms with Gasteiger partial charge in [0.1, 0.15) is 17.2 Å². The van der Waals surface area contributed by atoms with E-state index in [1.807, 2.05) is 0 Å². The van der Waals surface area contributed by atoms with E-state index in [2.05, 4.69) is 5.32 Å². The first-order valence-corrected chi connectivity index (χ1v) is 6.94. The number of aromatic hydroxyl groups is 2. The SMILES string of the molecule is COc1ccc(NC(C)=O)c(O)c1.COc1ccc([N+](=O)[O-])c(O)c1. The maximum atomic E-state index is 10.7. The van der Waals surface area contributed by atoms with Gasteiger partial charge in [0, 0.05) is 25.1 Å². The van der Waals surface area contributed by atoms with Crippen molar-refractivity contribution in [2.75, 3.05) is 19.5 Å². The summed E-state index contributed by atoms with van der Waals surface area (Å²) < 4.78 is 9.63. The monoisotopic (exact) mass is 350 g/mol. The predicted molar refractivity (Wildman–Crippen MR) is 90.3 cm³/mol. The summed E-state index contributed by atoms with van der Waals surface area (Å²) >= 11 is 0. The molecule has 0 fully saturated rings. The number of nitro benzene ring substituents is 1. The van der Waals surface area contributed by atoms with E-state index in [0.717, 1.165) is 0 Å². The zero-order valence-electron chi connectivity index (χ0n) is 13.8. The van der Waals surface area contributed by atoms with Crippen molar-refractivity contribution in [1.82, 2.24) is 0 Å². The summed E-state index contributed by atoms with van der Waals surface area (Å²) in [6, 6.07) is 8.47. The molecule has 0 spiro atoms. The number of phenols is 2. The van der Waals surface area contributed by atoms with E-state index in [0.29, 0.717) is 17.2 Å². The molecule has 0 unspecified atom stereocenters. The number of anilines is 1. The highest BCUT2D eigenvalue weighted by molar-refractivity contribution is 5.90. The second-order valence-electron chi connectivity index (χ2n) is 4.68. The molecule has 0 heterocycles. The van der Waals surface area contributed by atoms with Crippen LogP contribution >= 0.6 is 0 Å². The van der Waals surface area contributed by atoms with Crippen LogP contribution in [-0.2, 0) is 4.79 Å². The number of nitrogens with one attached hydrogen (secondary N) is 1. The largest absolute Gasteiger partial charge is 0.506 e. The number of carbonyl (C=O) groups excluding carboxylic acids is 1. The minimum absolute atomic E-state index is 0.00505. The fourth-order valence-corrected chi connectivity index (χ4v) is 1.72. The number of phenolic OH excluding ortho intramolecular Hbond substituents is 2. The Morgan fingerprint density at radius 1 is 1.04 bits per heavy atom.